The molecule has 3 nitrogen and oxygen atoms in total. The molecule has 2 heterocycles. The van der Waals surface area contributed by atoms with Gasteiger partial charge in [-0.25, -0.2) is 0 Å². The zero-order chi connectivity index (χ0) is 14.5. The highest BCUT2D eigenvalue weighted by Crippen LogP contribution is 2.20. The highest BCUT2D eigenvalue weighted by Gasteiger charge is 2.25. The molecule has 1 saturated heterocycles. The predicted octanol–water partition coefficient (Wildman–Crippen LogP) is 2.66. The summed E-state index contributed by atoms with van der Waals surface area (Å²) in [4.78, 5) is 6.68. The Kier molecular flexibility index (Phi) is 4.63. The number of rotatable bonds is 4. The fraction of sp³-hybridized carbons (Fsp3) is 0.389. The molecule has 2 atom stereocenters. The monoisotopic (exact) mass is 281 g/mol. The number of hydrogen-bond acceptors (Lipinski definition) is 3. The summed E-state index contributed by atoms with van der Waals surface area (Å²) >= 11 is 0. The van der Waals surface area contributed by atoms with E-state index in [4.69, 9.17) is 0 Å². The highest BCUT2D eigenvalue weighted by molar-refractivity contribution is 5.20. The molecule has 110 valence electrons. The van der Waals surface area contributed by atoms with Crippen LogP contribution in [-0.2, 0) is 6.42 Å². The van der Waals surface area contributed by atoms with E-state index >= 15 is 0 Å². The van der Waals surface area contributed by atoms with Crippen molar-refractivity contribution in [3.8, 4) is 0 Å². The molecule has 1 aromatic carbocycles. The maximum Gasteiger partial charge on any atom is 0.0449 e. The van der Waals surface area contributed by atoms with Crippen molar-refractivity contribution in [3.63, 3.8) is 0 Å². The van der Waals surface area contributed by atoms with E-state index in [0.717, 1.165) is 26.1 Å². The second-order valence-electron chi connectivity index (χ2n) is 5.82. The predicted molar refractivity (Wildman–Crippen MR) is 86.2 cm³/mol. The maximum atomic E-state index is 4.08. The standard InChI is InChI=1S/C18H23N3/c1-15-13-20-18(17-5-3-2-4-6-17)14-21(15)12-9-16-7-10-19-11-8-16/h2-8,10-11,15,18,20H,9,12-14H2,1H3. The van der Waals surface area contributed by atoms with Crippen molar-refractivity contribution in [1.29, 1.82) is 0 Å². The number of hydrogen-bond donors (Lipinski definition) is 1. The first-order valence-corrected chi connectivity index (χ1v) is 7.74. The molecule has 1 aromatic heterocycles. The van der Waals surface area contributed by atoms with Crippen molar-refractivity contribution in [3.05, 3.63) is 66.0 Å². The van der Waals surface area contributed by atoms with Crippen LogP contribution in [0.4, 0.5) is 0 Å². The fourth-order valence-corrected chi connectivity index (χ4v) is 2.96. The molecule has 0 aliphatic carbocycles. The average molecular weight is 281 g/mol. The molecule has 0 saturated carbocycles. The topological polar surface area (TPSA) is 28.2 Å². The Bertz CT molecular complexity index is 541. The molecule has 3 rings (SSSR count). The van der Waals surface area contributed by atoms with Crippen LogP contribution in [-0.4, -0.2) is 35.6 Å². The van der Waals surface area contributed by atoms with Crippen LogP contribution in [0.5, 0.6) is 0 Å². The molecule has 21 heavy (non-hydrogen) atoms. The molecule has 3 heteroatoms. The van der Waals surface area contributed by atoms with Gasteiger partial charge in [0.1, 0.15) is 0 Å². The van der Waals surface area contributed by atoms with Gasteiger partial charge in [0, 0.05) is 44.1 Å². The van der Waals surface area contributed by atoms with Crippen LogP contribution >= 0.6 is 0 Å². The summed E-state index contributed by atoms with van der Waals surface area (Å²) in [5, 5.41) is 3.66. The summed E-state index contributed by atoms with van der Waals surface area (Å²) in [6.07, 6.45) is 4.85. The van der Waals surface area contributed by atoms with Gasteiger partial charge in [0.05, 0.1) is 0 Å². The SMILES string of the molecule is CC1CNC(c2ccccc2)CN1CCc1ccncc1. The van der Waals surface area contributed by atoms with Gasteiger partial charge in [-0.1, -0.05) is 30.3 Å². The lowest BCUT2D eigenvalue weighted by Gasteiger charge is -2.39. The van der Waals surface area contributed by atoms with Crippen LogP contribution in [0.25, 0.3) is 0 Å². The first-order valence-electron chi connectivity index (χ1n) is 7.74. The molecule has 0 amide bonds. The summed E-state index contributed by atoms with van der Waals surface area (Å²) in [6, 6.07) is 16.0. The summed E-state index contributed by atoms with van der Waals surface area (Å²) in [7, 11) is 0. The zero-order valence-electron chi connectivity index (χ0n) is 12.6. The summed E-state index contributed by atoms with van der Waals surface area (Å²) in [5.74, 6) is 0. The van der Waals surface area contributed by atoms with Crippen molar-refractivity contribution < 1.29 is 0 Å². The second-order valence-corrected chi connectivity index (χ2v) is 5.82. The van der Waals surface area contributed by atoms with Gasteiger partial charge in [-0.2, -0.15) is 0 Å². The minimum Gasteiger partial charge on any atom is -0.307 e. The molecule has 0 spiro atoms. The third kappa shape index (κ3) is 3.69. The van der Waals surface area contributed by atoms with E-state index < -0.39 is 0 Å². The molecule has 2 unspecified atom stereocenters. The number of nitrogens with zero attached hydrogens (tertiary/aromatic N) is 2. The number of pyridine rings is 1. The Morgan fingerprint density at radius 3 is 2.67 bits per heavy atom. The number of aromatic nitrogens is 1. The number of piperazine rings is 1. The molecule has 1 fully saturated rings. The van der Waals surface area contributed by atoms with Crippen molar-refractivity contribution in [2.24, 2.45) is 0 Å². The third-order valence-electron chi connectivity index (χ3n) is 4.34. The van der Waals surface area contributed by atoms with Gasteiger partial charge in [0.25, 0.3) is 0 Å². The first-order chi connectivity index (χ1) is 10.3. The van der Waals surface area contributed by atoms with Crippen LogP contribution in [0.2, 0.25) is 0 Å². The third-order valence-corrected chi connectivity index (χ3v) is 4.34. The van der Waals surface area contributed by atoms with Crippen molar-refractivity contribution in [2.45, 2.75) is 25.4 Å². The second kappa shape index (κ2) is 6.83. The van der Waals surface area contributed by atoms with Crippen molar-refractivity contribution in [2.75, 3.05) is 19.6 Å². The Morgan fingerprint density at radius 2 is 1.90 bits per heavy atom. The molecule has 1 N–H and O–H groups in total. The van der Waals surface area contributed by atoms with Crippen molar-refractivity contribution >= 4 is 0 Å². The van der Waals surface area contributed by atoms with E-state index in [2.05, 4.69) is 64.6 Å². The Morgan fingerprint density at radius 1 is 1.14 bits per heavy atom. The number of nitrogens with one attached hydrogen (secondary N) is 1. The maximum absolute atomic E-state index is 4.08. The van der Waals surface area contributed by atoms with E-state index in [9.17, 15) is 0 Å². The lowest BCUT2D eigenvalue weighted by Crippen LogP contribution is -2.51. The van der Waals surface area contributed by atoms with Gasteiger partial charge in [-0.3, -0.25) is 9.88 Å². The van der Waals surface area contributed by atoms with Gasteiger partial charge in [-0.15, -0.1) is 0 Å². The molecule has 1 aliphatic rings. The van der Waals surface area contributed by atoms with E-state index in [-0.39, 0.29) is 0 Å². The Labute approximate surface area is 127 Å². The quantitative estimate of drug-likeness (QED) is 0.934. The lowest BCUT2D eigenvalue weighted by molar-refractivity contribution is 0.143. The van der Waals surface area contributed by atoms with Crippen LogP contribution < -0.4 is 5.32 Å². The van der Waals surface area contributed by atoms with Gasteiger partial charge in [0.2, 0.25) is 0 Å². The molecule has 0 radical (unpaired) electrons. The van der Waals surface area contributed by atoms with Crippen molar-refractivity contribution in [1.82, 2.24) is 15.2 Å². The molecular weight excluding hydrogens is 258 g/mol. The minimum atomic E-state index is 0.444. The van der Waals surface area contributed by atoms with Gasteiger partial charge >= 0.3 is 0 Å². The smallest absolute Gasteiger partial charge is 0.0449 e. The van der Waals surface area contributed by atoms with E-state index in [0.29, 0.717) is 12.1 Å². The van der Waals surface area contributed by atoms with Crippen LogP contribution in [0.3, 0.4) is 0 Å². The van der Waals surface area contributed by atoms with E-state index in [1.165, 1.54) is 11.1 Å². The summed E-state index contributed by atoms with van der Waals surface area (Å²) < 4.78 is 0. The molecule has 1 aliphatic heterocycles. The number of benzene rings is 1. The highest BCUT2D eigenvalue weighted by atomic mass is 15.2. The normalized spacial score (nSPS) is 23.1. The largest absolute Gasteiger partial charge is 0.307 e. The van der Waals surface area contributed by atoms with E-state index in [1.807, 2.05) is 12.4 Å². The zero-order valence-corrected chi connectivity index (χ0v) is 12.6. The fourth-order valence-electron chi connectivity index (χ4n) is 2.96. The Hall–Kier alpha value is -1.71. The first kappa shape index (κ1) is 14.2. The van der Waals surface area contributed by atoms with Crippen LogP contribution in [0.1, 0.15) is 24.1 Å². The minimum absolute atomic E-state index is 0.444. The van der Waals surface area contributed by atoms with E-state index in [1.54, 1.807) is 0 Å². The van der Waals surface area contributed by atoms with Crippen LogP contribution in [0, 0.1) is 0 Å². The van der Waals surface area contributed by atoms with Gasteiger partial charge in [0.15, 0.2) is 0 Å². The van der Waals surface area contributed by atoms with Crippen LogP contribution in [0.15, 0.2) is 54.9 Å². The summed E-state index contributed by atoms with van der Waals surface area (Å²) in [5.41, 5.74) is 2.75. The van der Waals surface area contributed by atoms with Gasteiger partial charge in [-0.05, 0) is 36.6 Å². The molecule has 2 aromatic rings. The Balaban J connectivity index is 1.61. The van der Waals surface area contributed by atoms with Gasteiger partial charge < -0.3 is 5.32 Å². The average Bonchev–Trinajstić information content (AvgIpc) is 2.56. The molecule has 0 bridgehead atoms. The lowest BCUT2D eigenvalue weighted by atomic mass is 10.0. The molecular formula is C18H23N3. The summed E-state index contributed by atoms with van der Waals surface area (Å²) in [6.45, 7) is 5.54.